The minimum absolute atomic E-state index is 0.0536. The smallest absolute Gasteiger partial charge is 0.251 e. The molecule has 4 N–H and O–H groups in total. The van der Waals surface area contributed by atoms with Gasteiger partial charge in [0, 0.05) is 37.6 Å². The molecule has 0 unspecified atom stereocenters. The van der Waals surface area contributed by atoms with Crippen LogP contribution in [0.2, 0.25) is 0 Å². The second-order valence-electron chi connectivity index (χ2n) is 4.55. The Morgan fingerprint density at radius 2 is 1.52 bits per heavy atom. The fourth-order valence-corrected chi connectivity index (χ4v) is 1.58. The molecule has 0 saturated carbocycles. The van der Waals surface area contributed by atoms with Crippen molar-refractivity contribution in [3.05, 3.63) is 23.8 Å². The Morgan fingerprint density at radius 3 is 2.10 bits per heavy atom. The van der Waals surface area contributed by atoms with E-state index in [1.807, 2.05) is 0 Å². The summed E-state index contributed by atoms with van der Waals surface area (Å²) in [5.41, 5.74) is 0.121. The molecule has 0 atom stereocenters. The lowest BCUT2D eigenvalue weighted by Crippen LogP contribution is -2.34. The topological polar surface area (TPSA) is 116 Å². The molecule has 0 aliphatic carbocycles. The number of carbonyl (C=O) groups is 3. The molecule has 2 amide bonds. The highest BCUT2D eigenvalue weighted by Crippen LogP contribution is 2.20. The van der Waals surface area contributed by atoms with Crippen LogP contribution in [0.3, 0.4) is 0 Å². The Morgan fingerprint density at radius 1 is 0.952 bits per heavy atom. The predicted molar refractivity (Wildman–Crippen MR) is 75.0 cm³/mol. The fourth-order valence-electron chi connectivity index (χ4n) is 1.58. The number of phenols is 2. The van der Waals surface area contributed by atoms with Gasteiger partial charge in [0.25, 0.3) is 5.91 Å². The molecule has 7 nitrogen and oxygen atoms in total. The number of carbonyl (C=O) groups excluding carboxylic acids is 3. The van der Waals surface area contributed by atoms with E-state index in [1.165, 1.54) is 19.1 Å². The molecule has 1 aromatic rings. The van der Waals surface area contributed by atoms with Gasteiger partial charge in [-0.15, -0.1) is 0 Å². The van der Waals surface area contributed by atoms with Gasteiger partial charge in [0.1, 0.15) is 17.3 Å². The van der Waals surface area contributed by atoms with E-state index in [0.717, 1.165) is 6.07 Å². The van der Waals surface area contributed by atoms with Gasteiger partial charge in [-0.25, -0.2) is 0 Å². The summed E-state index contributed by atoms with van der Waals surface area (Å²) in [5.74, 6) is -1.20. The van der Waals surface area contributed by atoms with Crippen LogP contribution in [-0.2, 0) is 9.59 Å². The summed E-state index contributed by atoms with van der Waals surface area (Å²) in [7, 11) is 0. The number of hydrogen-bond acceptors (Lipinski definition) is 5. The average molecular weight is 294 g/mol. The van der Waals surface area contributed by atoms with Gasteiger partial charge in [-0.3, -0.25) is 9.59 Å². The Kier molecular flexibility index (Phi) is 6.19. The molecule has 0 bridgehead atoms. The van der Waals surface area contributed by atoms with E-state index >= 15 is 0 Å². The number of phenolic OH excluding ortho intramolecular Hbond substituents is 2. The van der Waals surface area contributed by atoms with E-state index in [0.29, 0.717) is 0 Å². The third-order valence-corrected chi connectivity index (χ3v) is 2.60. The monoisotopic (exact) mass is 294 g/mol. The number of aromatic hydroxyl groups is 2. The summed E-state index contributed by atoms with van der Waals surface area (Å²) in [5, 5.41) is 23.6. The van der Waals surface area contributed by atoms with Crippen LogP contribution in [0.25, 0.3) is 0 Å². The molecule has 0 fully saturated rings. The first-order valence-electron chi connectivity index (χ1n) is 6.46. The first-order chi connectivity index (χ1) is 9.88. The predicted octanol–water partition coefficient (Wildman–Crippen LogP) is 0.313. The maximum Gasteiger partial charge on any atom is 0.251 e. The Bertz CT molecular complexity index is 522. The number of hydrogen-bond donors (Lipinski definition) is 4. The van der Waals surface area contributed by atoms with Crippen LogP contribution in [0.5, 0.6) is 11.5 Å². The van der Waals surface area contributed by atoms with E-state index in [-0.39, 0.29) is 54.7 Å². The summed E-state index contributed by atoms with van der Waals surface area (Å²) in [6.45, 7) is 1.84. The van der Waals surface area contributed by atoms with E-state index in [4.69, 9.17) is 0 Å². The van der Waals surface area contributed by atoms with Gasteiger partial charge in [-0.05, 0) is 19.1 Å². The van der Waals surface area contributed by atoms with Crippen molar-refractivity contribution in [2.45, 2.75) is 19.8 Å². The lowest BCUT2D eigenvalue weighted by molar-refractivity contribution is -0.124. The van der Waals surface area contributed by atoms with Crippen molar-refractivity contribution in [2.24, 2.45) is 0 Å². The molecular weight excluding hydrogens is 276 g/mol. The number of amides is 2. The van der Waals surface area contributed by atoms with E-state index < -0.39 is 5.91 Å². The second kappa shape index (κ2) is 7.88. The summed E-state index contributed by atoms with van der Waals surface area (Å²) in [4.78, 5) is 33.7. The van der Waals surface area contributed by atoms with Crippen molar-refractivity contribution in [3.8, 4) is 11.5 Å². The third kappa shape index (κ3) is 6.42. The normalized spacial score (nSPS) is 9.95. The van der Waals surface area contributed by atoms with E-state index in [1.54, 1.807) is 0 Å². The van der Waals surface area contributed by atoms with Crippen molar-refractivity contribution in [2.75, 3.05) is 13.1 Å². The quantitative estimate of drug-likeness (QED) is 0.540. The summed E-state index contributed by atoms with van der Waals surface area (Å²) >= 11 is 0. The van der Waals surface area contributed by atoms with E-state index in [9.17, 15) is 24.6 Å². The Labute approximate surface area is 122 Å². The van der Waals surface area contributed by atoms with Crippen molar-refractivity contribution in [1.29, 1.82) is 0 Å². The minimum atomic E-state index is -0.473. The summed E-state index contributed by atoms with van der Waals surface area (Å²) in [6.07, 6.45) is 0.324. The molecule has 1 rings (SSSR count). The number of Topliss-reactive ketones (excluding diaryl/α,β-unsaturated/α-hetero) is 1. The van der Waals surface area contributed by atoms with Crippen molar-refractivity contribution >= 4 is 17.6 Å². The van der Waals surface area contributed by atoms with Gasteiger partial charge >= 0.3 is 0 Å². The molecule has 0 radical (unpaired) electrons. The van der Waals surface area contributed by atoms with Crippen molar-refractivity contribution in [3.63, 3.8) is 0 Å². The van der Waals surface area contributed by atoms with Crippen LogP contribution in [0.15, 0.2) is 18.2 Å². The highest BCUT2D eigenvalue weighted by molar-refractivity contribution is 5.95. The number of rotatable bonds is 7. The zero-order valence-corrected chi connectivity index (χ0v) is 11.7. The van der Waals surface area contributed by atoms with Crippen LogP contribution < -0.4 is 10.6 Å². The van der Waals surface area contributed by atoms with Crippen LogP contribution in [0.1, 0.15) is 30.1 Å². The first kappa shape index (κ1) is 16.5. The Balaban J connectivity index is 2.30. The number of nitrogens with one attached hydrogen (secondary N) is 2. The molecule has 1 aromatic carbocycles. The zero-order chi connectivity index (χ0) is 15.8. The van der Waals surface area contributed by atoms with Crippen LogP contribution in [0.4, 0.5) is 0 Å². The van der Waals surface area contributed by atoms with Crippen molar-refractivity contribution < 1.29 is 24.6 Å². The Hall–Kier alpha value is -2.57. The highest BCUT2D eigenvalue weighted by atomic mass is 16.3. The number of ketones is 1. The maximum atomic E-state index is 11.7. The second-order valence-corrected chi connectivity index (χ2v) is 4.55. The van der Waals surface area contributed by atoms with Gasteiger partial charge in [0.15, 0.2) is 0 Å². The van der Waals surface area contributed by atoms with Gasteiger partial charge in [-0.2, -0.15) is 0 Å². The average Bonchev–Trinajstić information content (AvgIpc) is 2.40. The first-order valence-corrected chi connectivity index (χ1v) is 6.46. The van der Waals surface area contributed by atoms with Crippen LogP contribution in [0, 0.1) is 0 Å². The lowest BCUT2D eigenvalue weighted by atomic mass is 10.2. The molecule has 0 aliphatic heterocycles. The standard InChI is InChI=1S/C14H18N2O5/c1-9(17)2-3-13(20)15-4-5-16-14(21)10-6-11(18)8-12(19)7-10/h6-8,18-19H,2-5H2,1H3,(H,15,20)(H,16,21). The molecule has 0 heterocycles. The van der Waals surface area contributed by atoms with Crippen LogP contribution in [-0.4, -0.2) is 40.9 Å². The zero-order valence-electron chi connectivity index (χ0n) is 11.7. The minimum Gasteiger partial charge on any atom is -0.508 e. The van der Waals surface area contributed by atoms with Gasteiger partial charge < -0.3 is 25.6 Å². The molecular formula is C14H18N2O5. The highest BCUT2D eigenvalue weighted by Gasteiger charge is 2.08. The molecule has 7 heteroatoms. The van der Waals surface area contributed by atoms with Crippen molar-refractivity contribution in [1.82, 2.24) is 10.6 Å². The van der Waals surface area contributed by atoms with Gasteiger partial charge in [-0.1, -0.05) is 0 Å². The molecule has 0 aromatic heterocycles. The van der Waals surface area contributed by atoms with Crippen LogP contribution >= 0.6 is 0 Å². The molecule has 21 heavy (non-hydrogen) atoms. The largest absolute Gasteiger partial charge is 0.508 e. The number of benzene rings is 1. The molecule has 0 aliphatic rings. The fraction of sp³-hybridized carbons (Fsp3) is 0.357. The third-order valence-electron chi connectivity index (χ3n) is 2.60. The van der Waals surface area contributed by atoms with Gasteiger partial charge in [0.2, 0.25) is 5.91 Å². The summed E-state index contributed by atoms with van der Waals surface area (Å²) in [6, 6.07) is 3.56. The maximum absolute atomic E-state index is 11.7. The molecule has 0 saturated heterocycles. The molecule has 114 valence electrons. The van der Waals surface area contributed by atoms with Gasteiger partial charge in [0.05, 0.1) is 0 Å². The molecule has 0 spiro atoms. The summed E-state index contributed by atoms with van der Waals surface area (Å²) < 4.78 is 0. The SMILES string of the molecule is CC(=O)CCC(=O)NCCNC(=O)c1cc(O)cc(O)c1. The van der Waals surface area contributed by atoms with E-state index in [2.05, 4.69) is 10.6 Å². The lowest BCUT2D eigenvalue weighted by Gasteiger charge is -2.07.